The van der Waals surface area contributed by atoms with Gasteiger partial charge >= 0.3 is 12.3 Å². The maximum atomic E-state index is 12.9. The lowest BCUT2D eigenvalue weighted by atomic mass is 9.65. The molecule has 1 heterocycles. The molecular formula is C17H29F3N2O3. The molecule has 0 aromatic carbocycles. The molecule has 0 bridgehead atoms. The standard InChI is InChI=1S/C17H29F3N2O3/c1-14(2,3)25-13(23)22-10-4-7-16(24,11-22)15(21)8-5-12(6-9-15)17(18,19)20/h12,24H,4-11,21H2,1-3H3. The van der Waals surface area contributed by atoms with Crippen molar-refractivity contribution in [2.75, 3.05) is 13.1 Å². The number of nitrogens with zero attached hydrogens (tertiary/aromatic N) is 1. The second kappa shape index (κ2) is 6.61. The van der Waals surface area contributed by atoms with Crippen molar-refractivity contribution in [2.45, 2.75) is 82.2 Å². The van der Waals surface area contributed by atoms with Gasteiger partial charge in [0.25, 0.3) is 0 Å². The van der Waals surface area contributed by atoms with Gasteiger partial charge in [-0.05, 0) is 59.3 Å². The Balaban J connectivity index is 2.06. The number of alkyl halides is 3. The zero-order valence-electron chi connectivity index (χ0n) is 15.2. The van der Waals surface area contributed by atoms with Gasteiger partial charge in [0.1, 0.15) is 11.2 Å². The van der Waals surface area contributed by atoms with E-state index in [1.54, 1.807) is 20.8 Å². The van der Waals surface area contributed by atoms with Gasteiger partial charge in [0, 0.05) is 12.1 Å². The van der Waals surface area contributed by atoms with Gasteiger partial charge in [0.15, 0.2) is 0 Å². The Morgan fingerprint density at radius 1 is 1.20 bits per heavy atom. The van der Waals surface area contributed by atoms with Crippen LogP contribution in [0.4, 0.5) is 18.0 Å². The van der Waals surface area contributed by atoms with E-state index < -0.39 is 34.9 Å². The van der Waals surface area contributed by atoms with Crippen LogP contribution < -0.4 is 5.73 Å². The molecule has 8 heteroatoms. The Hall–Kier alpha value is -1.02. The monoisotopic (exact) mass is 366 g/mol. The fourth-order valence-corrected chi connectivity index (χ4v) is 3.85. The first kappa shape index (κ1) is 20.3. The lowest BCUT2D eigenvalue weighted by molar-refractivity contribution is -0.192. The number of hydrogen-bond acceptors (Lipinski definition) is 4. The van der Waals surface area contributed by atoms with Crippen LogP contribution in [-0.2, 0) is 4.74 Å². The molecule has 2 rings (SSSR count). The van der Waals surface area contributed by atoms with Crippen LogP contribution in [0.5, 0.6) is 0 Å². The smallest absolute Gasteiger partial charge is 0.410 e. The number of ether oxygens (including phenoxy) is 1. The van der Waals surface area contributed by atoms with Gasteiger partial charge in [-0.25, -0.2) is 4.79 Å². The summed E-state index contributed by atoms with van der Waals surface area (Å²) >= 11 is 0. The normalized spacial score (nSPS) is 34.7. The van der Waals surface area contributed by atoms with E-state index in [1.807, 2.05) is 0 Å². The lowest BCUT2D eigenvalue weighted by Gasteiger charge is -2.52. The van der Waals surface area contributed by atoms with Crippen LogP contribution in [-0.4, -0.2) is 52.1 Å². The van der Waals surface area contributed by atoms with Crippen molar-refractivity contribution in [3.8, 4) is 0 Å². The maximum Gasteiger partial charge on any atom is 0.410 e. The summed E-state index contributed by atoms with van der Waals surface area (Å²) in [5.41, 5.74) is 3.21. The molecule has 1 amide bonds. The molecule has 0 radical (unpaired) electrons. The molecule has 5 nitrogen and oxygen atoms in total. The summed E-state index contributed by atoms with van der Waals surface area (Å²) in [6, 6.07) is 0. The minimum absolute atomic E-state index is 0.00486. The van der Waals surface area contributed by atoms with Crippen molar-refractivity contribution in [1.82, 2.24) is 4.90 Å². The van der Waals surface area contributed by atoms with Gasteiger partial charge in [0.2, 0.25) is 0 Å². The number of aliphatic hydroxyl groups is 1. The van der Waals surface area contributed by atoms with E-state index >= 15 is 0 Å². The number of amides is 1. The van der Waals surface area contributed by atoms with Gasteiger partial charge in [-0.3, -0.25) is 0 Å². The predicted molar refractivity (Wildman–Crippen MR) is 86.9 cm³/mol. The second-order valence-corrected chi connectivity index (χ2v) is 8.51. The summed E-state index contributed by atoms with van der Waals surface area (Å²) in [7, 11) is 0. The molecule has 3 N–H and O–H groups in total. The van der Waals surface area contributed by atoms with Crippen molar-refractivity contribution in [3.63, 3.8) is 0 Å². The van der Waals surface area contributed by atoms with Gasteiger partial charge in [-0.2, -0.15) is 13.2 Å². The SMILES string of the molecule is CC(C)(C)OC(=O)N1CCCC(O)(C2(N)CCC(C(F)(F)F)CC2)C1. The van der Waals surface area contributed by atoms with Crippen LogP contribution in [0.25, 0.3) is 0 Å². The second-order valence-electron chi connectivity index (χ2n) is 8.51. The minimum Gasteiger partial charge on any atom is -0.444 e. The van der Waals surface area contributed by atoms with Crippen molar-refractivity contribution >= 4 is 6.09 Å². The summed E-state index contributed by atoms with van der Waals surface area (Å²) in [6.45, 7) is 5.70. The molecule has 0 spiro atoms. The van der Waals surface area contributed by atoms with Gasteiger partial charge < -0.3 is 20.5 Å². The molecular weight excluding hydrogens is 337 g/mol. The topological polar surface area (TPSA) is 75.8 Å². The zero-order chi connectivity index (χ0) is 19.1. The Labute approximate surface area is 146 Å². The van der Waals surface area contributed by atoms with E-state index in [0.717, 1.165) is 0 Å². The average molecular weight is 366 g/mol. The van der Waals surface area contributed by atoms with Crippen LogP contribution in [0, 0.1) is 5.92 Å². The van der Waals surface area contributed by atoms with Crippen molar-refractivity contribution in [1.29, 1.82) is 0 Å². The molecule has 0 aromatic rings. The van der Waals surface area contributed by atoms with E-state index in [2.05, 4.69) is 0 Å². The third-order valence-electron chi connectivity index (χ3n) is 5.39. The number of rotatable bonds is 1. The molecule has 1 saturated carbocycles. The van der Waals surface area contributed by atoms with E-state index in [-0.39, 0.29) is 32.2 Å². The molecule has 0 aromatic heterocycles. The summed E-state index contributed by atoms with van der Waals surface area (Å²) in [5, 5.41) is 11.1. The molecule has 1 aliphatic carbocycles. The Morgan fingerprint density at radius 2 is 1.76 bits per heavy atom. The highest BCUT2D eigenvalue weighted by Crippen LogP contribution is 2.46. The number of carbonyl (C=O) groups is 1. The predicted octanol–water partition coefficient (Wildman–Crippen LogP) is 3.20. The molecule has 146 valence electrons. The zero-order valence-corrected chi connectivity index (χ0v) is 15.2. The number of halogens is 3. The molecule has 1 atom stereocenters. The van der Waals surface area contributed by atoms with Crippen molar-refractivity contribution < 1.29 is 27.8 Å². The quantitative estimate of drug-likeness (QED) is 0.747. The molecule has 1 saturated heterocycles. The third-order valence-corrected chi connectivity index (χ3v) is 5.39. The van der Waals surface area contributed by atoms with Crippen LogP contribution in [0.2, 0.25) is 0 Å². The molecule has 25 heavy (non-hydrogen) atoms. The van der Waals surface area contributed by atoms with Crippen LogP contribution in [0.1, 0.15) is 59.3 Å². The third kappa shape index (κ3) is 4.58. The van der Waals surface area contributed by atoms with E-state index in [0.29, 0.717) is 19.4 Å². The van der Waals surface area contributed by atoms with Crippen molar-refractivity contribution in [3.05, 3.63) is 0 Å². The fourth-order valence-electron chi connectivity index (χ4n) is 3.85. The van der Waals surface area contributed by atoms with E-state index in [1.165, 1.54) is 4.90 Å². The summed E-state index contributed by atoms with van der Waals surface area (Å²) in [4.78, 5) is 13.7. The van der Waals surface area contributed by atoms with Gasteiger partial charge in [-0.1, -0.05) is 0 Å². The van der Waals surface area contributed by atoms with Crippen LogP contribution in [0.15, 0.2) is 0 Å². The molecule has 1 aliphatic heterocycles. The number of carbonyl (C=O) groups excluding carboxylic acids is 1. The summed E-state index contributed by atoms with van der Waals surface area (Å²) in [5.74, 6) is -1.36. The fraction of sp³-hybridized carbons (Fsp3) is 0.941. The number of piperidine rings is 1. The lowest BCUT2D eigenvalue weighted by Crippen LogP contribution is -2.68. The minimum atomic E-state index is -4.22. The highest BCUT2D eigenvalue weighted by molar-refractivity contribution is 5.68. The molecule has 1 unspecified atom stereocenters. The number of likely N-dealkylation sites (tertiary alicyclic amines) is 1. The first-order valence-electron chi connectivity index (χ1n) is 8.82. The highest BCUT2D eigenvalue weighted by Gasteiger charge is 2.54. The van der Waals surface area contributed by atoms with Gasteiger partial charge in [0.05, 0.1) is 12.5 Å². The van der Waals surface area contributed by atoms with E-state index in [9.17, 15) is 23.1 Å². The van der Waals surface area contributed by atoms with E-state index in [4.69, 9.17) is 10.5 Å². The summed E-state index contributed by atoms with van der Waals surface area (Å²) in [6.07, 6.45) is -3.83. The first-order valence-corrected chi connectivity index (χ1v) is 8.82. The first-order chi connectivity index (χ1) is 11.3. The molecule has 2 fully saturated rings. The maximum absolute atomic E-state index is 12.9. The Bertz CT molecular complexity index is 496. The number of β-amino-alcohol motifs (C(OH)–C–C–N with tert-alkyl or cyclic N) is 1. The van der Waals surface area contributed by atoms with Gasteiger partial charge in [-0.15, -0.1) is 0 Å². The Morgan fingerprint density at radius 3 is 2.24 bits per heavy atom. The molecule has 2 aliphatic rings. The van der Waals surface area contributed by atoms with Crippen LogP contribution >= 0.6 is 0 Å². The average Bonchev–Trinajstić information content (AvgIpc) is 2.45. The number of nitrogens with two attached hydrogens (primary N) is 1. The van der Waals surface area contributed by atoms with Crippen molar-refractivity contribution in [2.24, 2.45) is 11.7 Å². The Kier molecular flexibility index (Phi) is 5.37. The van der Waals surface area contributed by atoms with Crippen LogP contribution in [0.3, 0.4) is 0 Å². The summed E-state index contributed by atoms with van der Waals surface area (Å²) < 4.78 is 44.0. The highest BCUT2D eigenvalue weighted by atomic mass is 19.4. The number of hydrogen-bond donors (Lipinski definition) is 2. The largest absolute Gasteiger partial charge is 0.444 e.